The van der Waals surface area contributed by atoms with Crippen LogP contribution in [-0.2, 0) is 14.4 Å². The van der Waals surface area contributed by atoms with Gasteiger partial charge in [0.15, 0.2) is 11.3 Å². The van der Waals surface area contributed by atoms with Gasteiger partial charge in [-0.1, -0.05) is 32.0 Å². The molecule has 2 rings (SSSR count). The summed E-state index contributed by atoms with van der Waals surface area (Å²) in [5, 5.41) is 11.5. The Morgan fingerprint density at radius 1 is 1.36 bits per heavy atom. The molecule has 0 saturated carbocycles. The van der Waals surface area contributed by atoms with Crippen LogP contribution in [0.15, 0.2) is 30.3 Å². The van der Waals surface area contributed by atoms with E-state index >= 15 is 0 Å². The molecule has 1 aromatic rings. The number of nitrogens with zero attached hydrogens (tertiary/aromatic N) is 1. The Morgan fingerprint density at radius 3 is 2.56 bits per heavy atom. The van der Waals surface area contributed by atoms with Gasteiger partial charge in [0.2, 0.25) is 5.91 Å². The van der Waals surface area contributed by atoms with Gasteiger partial charge in [-0.3, -0.25) is 19.3 Å². The van der Waals surface area contributed by atoms with E-state index in [9.17, 15) is 14.4 Å². The number of hydrogen-bond acceptors (Lipinski definition) is 5. The molecule has 1 aromatic carbocycles. The molecule has 25 heavy (non-hydrogen) atoms. The molecule has 3 atom stereocenters. The number of carbonyl (C=O) groups is 3. The Balaban J connectivity index is 2.63. The Kier molecular flexibility index (Phi) is 5.92. The molecule has 3 N–H and O–H groups in total. The third kappa shape index (κ3) is 3.43. The second-order valence-corrected chi connectivity index (χ2v) is 6.65. The second-order valence-electron chi connectivity index (χ2n) is 6.65. The van der Waals surface area contributed by atoms with Gasteiger partial charge in [-0.15, -0.1) is 0 Å². The number of Topliss-reactive ketones (excluding diaryl/α,β-unsaturated/α-hetero) is 1. The first-order valence-electron chi connectivity index (χ1n) is 8.40. The number of hydrogen-bond donors (Lipinski definition) is 3. The van der Waals surface area contributed by atoms with E-state index in [1.165, 1.54) is 11.9 Å². The maximum absolute atomic E-state index is 13.2. The van der Waals surface area contributed by atoms with Gasteiger partial charge in [-0.2, -0.15) is 0 Å². The van der Waals surface area contributed by atoms with E-state index in [-0.39, 0.29) is 37.0 Å². The van der Waals surface area contributed by atoms with Crippen molar-refractivity contribution < 1.29 is 19.6 Å². The van der Waals surface area contributed by atoms with Gasteiger partial charge in [-0.25, -0.2) is 5.48 Å². The van der Waals surface area contributed by atoms with Crippen LogP contribution < -0.4 is 15.7 Å². The van der Waals surface area contributed by atoms with Gasteiger partial charge >= 0.3 is 0 Å². The van der Waals surface area contributed by atoms with Crippen LogP contribution in [0.2, 0.25) is 0 Å². The number of rotatable bonds is 6. The highest BCUT2D eigenvalue weighted by atomic mass is 16.5. The van der Waals surface area contributed by atoms with Crippen molar-refractivity contribution >= 4 is 23.3 Å². The maximum Gasteiger partial charge on any atom is 0.253 e. The van der Waals surface area contributed by atoms with Gasteiger partial charge in [0, 0.05) is 31.6 Å². The van der Waals surface area contributed by atoms with Crippen LogP contribution in [0, 0.1) is 11.8 Å². The molecule has 7 heteroatoms. The topological polar surface area (TPSA) is 98.7 Å². The molecule has 2 amide bonds. The fourth-order valence-electron chi connectivity index (χ4n) is 3.56. The molecule has 1 saturated heterocycles. The van der Waals surface area contributed by atoms with Crippen LogP contribution in [0.4, 0.5) is 5.69 Å². The summed E-state index contributed by atoms with van der Waals surface area (Å²) in [4.78, 5) is 40.3. The fourth-order valence-corrected chi connectivity index (χ4v) is 3.56. The van der Waals surface area contributed by atoms with E-state index in [1.807, 2.05) is 13.0 Å². The molecule has 1 fully saturated rings. The Bertz CT molecular complexity index is 649. The lowest BCUT2D eigenvalue weighted by Gasteiger charge is -2.47. The van der Waals surface area contributed by atoms with Crippen LogP contribution >= 0.6 is 0 Å². The fraction of sp³-hybridized carbons (Fsp3) is 0.500. The second kappa shape index (κ2) is 7.76. The smallest absolute Gasteiger partial charge is 0.253 e. The van der Waals surface area contributed by atoms with Crippen molar-refractivity contribution in [1.82, 2.24) is 10.8 Å². The molecule has 1 aliphatic heterocycles. The van der Waals surface area contributed by atoms with Crippen LogP contribution in [0.1, 0.15) is 26.7 Å². The quantitative estimate of drug-likeness (QED) is 0.529. The van der Waals surface area contributed by atoms with E-state index in [0.29, 0.717) is 5.69 Å². The first-order chi connectivity index (χ1) is 11.9. The zero-order valence-electron chi connectivity index (χ0n) is 14.8. The number of hydroxylamine groups is 1. The predicted molar refractivity (Wildman–Crippen MR) is 93.1 cm³/mol. The van der Waals surface area contributed by atoms with Crippen LogP contribution in [0.3, 0.4) is 0 Å². The van der Waals surface area contributed by atoms with Crippen LogP contribution in [0.25, 0.3) is 0 Å². The molecule has 0 aromatic heterocycles. The summed E-state index contributed by atoms with van der Waals surface area (Å²) >= 11 is 0. The normalized spacial score (nSPS) is 25.0. The molecule has 136 valence electrons. The van der Waals surface area contributed by atoms with Crippen molar-refractivity contribution in [2.24, 2.45) is 11.8 Å². The highest BCUT2D eigenvalue weighted by molar-refractivity contribution is 6.22. The van der Waals surface area contributed by atoms with Gasteiger partial charge in [0.05, 0.1) is 0 Å². The standard InChI is InChI=1S/C18H25N3O4/c1-12(11-20-25)10-18(17(24)19-3)16(23)13(2)9-15(22)21(18)14-7-5-4-6-8-14/h4-8,12-13,20,25H,9-11H2,1-3H3,(H,19,24)/t12?,13?,18-/m1/s1. The first kappa shape index (κ1) is 19.1. The molecule has 2 unspecified atom stereocenters. The first-order valence-corrected chi connectivity index (χ1v) is 8.40. The number of ketones is 1. The summed E-state index contributed by atoms with van der Waals surface area (Å²) in [5.74, 6) is -1.80. The average molecular weight is 347 g/mol. The SMILES string of the molecule is CNC(=O)[C@@]1(CC(C)CNO)C(=O)C(C)CC(=O)N1c1ccccc1. The lowest BCUT2D eigenvalue weighted by molar-refractivity contribution is -0.146. The van der Waals surface area contributed by atoms with Crippen molar-refractivity contribution in [2.75, 3.05) is 18.5 Å². The maximum atomic E-state index is 13.2. The van der Waals surface area contributed by atoms with E-state index in [4.69, 9.17) is 5.21 Å². The number of nitrogens with one attached hydrogen (secondary N) is 2. The largest absolute Gasteiger partial charge is 0.357 e. The lowest BCUT2D eigenvalue weighted by Crippen LogP contribution is -2.70. The summed E-state index contributed by atoms with van der Waals surface area (Å²) in [7, 11) is 1.46. The van der Waals surface area contributed by atoms with Crippen molar-refractivity contribution in [3.05, 3.63) is 30.3 Å². The monoisotopic (exact) mass is 347 g/mol. The number of amides is 2. The number of para-hydroxylation sites is 1. The van der Waals surface area contributed by atoms with Gasteiger partial charge in [-0.05, 0) is 24.5 Å². The molecule has 0 radical (unpaired) electrons. The molecule has 0 aliphatic carbocycles. The Labute approximate surface area is 147 Å². The number of piperidine rings is 1. The minimum Gasteiger partial charge on any atom is -0.357 e. The predicted octanol–water partition coefficient (Wildman–Crippen LogP) is 1.12. The summed E-state index contributed by atoms with van der Waals surface area (Å²) in [6.07, 6.45) is 0.184. The van der Waals surface area contributed by atoms with Crippen molar-refractivity contribution in [3.63, 3.8) is 0 Å². The summed E-state index contributed by atoms with van der Waals surface area (Å²) < 4.78 is 0. The zero-order chi connectivity index (χ0) is 18.6. The highest BCUT2D eigenvalue weighted by Gasteiger charge is 2.57. The summed E-state index contributed by atoms with van der Waals surface area (Å²) in [5.41, 5.74) is 0.967. The molecular formula is C18H25N3O4. The number of carbonyl (C=O) groups excluding carboxylic acids is 3. The third-order valence-electron chi connectivity index (χ3n) is 4.67. The van der Waals surface area contributed by atoms with Crippen molar-refractivity contribution in [1.29, 1.82) is 0 Å². The van der Waals surface area contributed by atoms with E-state index in [2.05, 4.69) is 10.8 Å². The average Bonchev–Trinajstić information content (AvgIpc) is 2.59. The molecule has 1 aliphatic rings. The minimum absolute atomic E-state index is 0.0686. The molecule has 7 nitrogen and oxygen atoms in total. The number of likely N-dealkylation sites (N-methyl/N-ethyl adjacent to an activating group) is 1. The van der Waals surface area contributed by atoms with Crippen molar-refractivity contribution in [2.45, 2.75) is 32.2 Å². The minimum atomic E-state index is -1.62. The number of benzene rings is 1. The molecule has 0 spiro atoms. The van der Waals surface area contributed by atoms with E-state index in [0.717, 1.165) is 0 Å². The van der Waals surface area contributed by atoms with Crippen molar-refractivity contribution in [3.8, 4) is 0 Å². The zero-order valence-corrected chi connectivity index (χ0v) is 14.8. The summed E-state index contributed by atoms with van der Waals surface area (Å²) in [6.45, 7) is 3.69. The van der Waals surface area contributed by atoms with Crippen LogP contribution in [-0.4, -0.2) is 41.9 Å². The lowest BCUT2D eigenvalue weighted by atomic mass is 9.73. The molecular weight excluding hydrogens is 322 g/mol. The van der Waals surface area contributed by atoms with Gasteiger partial charge < -0.3 is 10.5 Å². The number of anilines is 1. The molecule has 0 bridgehead atoms. The molecule has 1 heterocycles. The van der Waals surface area contributed by atoms with E-state index < -0.39 is 17.4 Å². The van der Waals surface area contributed by atoms with Gasteiger partial charge in [0.1, 0.15) is 0 Å². The Morgan fingerprint density at radius 2 is 2.00 bits per heavy atom. The Hall–Kier alpha value is -2.25. The summed E-state index contributed by atoms with van der Waals surface area (Å²) in [6, 6.07) is 8.76. The van der Waals surface area contributed by atoms with Crippen LogP contribution in [0.5, 0.6) is 0 Å². The van der Waals surface area contributed by atoms with E-state index in [1.54, 1.807) is 31.2 Å². The highest BCUT2D eigenvalue weighted by Crippen LogP contribution is 2.38. The van der Waals surface area contributed by atoms with Gasteiger partial charge in [0.25, 0.3) is 5.91 Å². The third-order valence-corrected chi connectivity index (χ3v) is 4.67.